The largest absolute Gasteiger partial charge is 0.338 e. The summed E-state index contributed by atoms with van der Waals surface area (Å²) >= 11 is 0. The molecule has 0 spiro atoms. The smallest absolute Gasteiger partial charge is 0.234 e. The molecular weight excluding hydrogens is 230 g/mol. The van der Waals surface area contributed by atoms with E-state index in [9.17, 15) is 4.79 Å². The molecule has 2 aromatic heterocycles. The van der Waals surface area contributed by atoms with Gasteiger partial charge >= 0.3 is 0 Å². The number of hydrogen-bond donors (Lipinski definition) is 0. The van der Waals surface area contributed by atoms with Crippen LogP contribution in [0.1, 0.15) is 26.2 Å². The van der Waals surface area contributed by atoms with Crippen molar-refractivity contribution in [1.29, 1.82) is 0 Å². The molecule has 0 amide bonds. The lowest BCUT2D eigenvalue weighted by Gasteiger charge is -2.00. The van der Waals surface area contributed by atoms with Crippen LogP contribution in [0.3, 0.4) is 0 Å². The van der Waals surface area contributed by atoms with E-state index in [4.69, 9.17) is 4.52 Å². The number of carbonyl (C=O) groups excluding carboxylic acids is 1. The second-order valence-electron chi connectivity index (χ2n) is 4.57. The van der Waals surface area contributed by atoms with Gasteiger partial charge in [0.15, 0.2) is 0 Å². The van der Waals surface area contributed by atoms with E-state index in [0.29, 0.717) is 24.1 Å². The number of ketones is 1. The first-order chi connectivity index (χ1) is 8.65. The Bertz CT molecular complexity index is 520. The van der Waals surface area contributed by atoms with Crippen molar-refractivity contribution in [2.45, 2.75) is 26.7 Å². The molecule has 0 aromatic carbocycles. The quantitative estimate of drug-likeness (QED) is 0.808. The van der Waals surface area contributed by atoms with Crippen molar-refractivity contribution in [2.75, 3.05) is 0 Å². The molecule has 0 aliphatic rings. The second kappa shape index (κ2) is 5.53. The summed E-state index contributed by atoms with van der Waals surface area (Å²) in [6, 6.07) is 3.65. The number of rotatable bonds is 5. The molecular formula is C13H15N3O2. The molecule has 0 fully saturated rings. The summed E-state index contributed by atoms with van der Waals surface area (Å²) in [6.07, 6.45) is 4.07. The van der Waals surface area contributed by atoms with Gasteiger partial charge in [-0.15, -0.1) is 0 Å². The normalized spacial score (nSPS) is 10.8. The molecule has 0 unspecified atom stereocenters. The standard InChI is InChI=1S/C13H15N3O2/c1-9(2)6-11(17)7-12-15-13(16-18-12)10-4-3-5-14-8-10/h3-5,8-9H,6-7H2,1-2H3. The maximum atomic E-state index is 11.6. The zero-order valence-corrected chi connectivity index (χ0v) is 10.5. The number of nitrogens with zero attached hydrogens (tertiary/aromatic N) is 3. The topological polar surface area (TPSA) is 68.9 Å². The van der Waals surface area contributed by atoms with Crippen LogP contribution < -0.4 is 0 Å². The van der Waals surface area contributed by atoms with Crippen molar-refractivity contribution in [3.05, 3.63) is 30.4 Å². The van der Waals surface area contributed by atoms with Gasteiger partial charge in [0.1, 0.15) is 5.78 Å². The van der Waals surface area contributed by atoms with E-state index >= 15 is 0 Å². The van der Waals surface area contributed by atoms with Crippen molar-refractivity contribution >= 4 is 5.78 Å². The fourth-order valence-electron chi connectivity index (χ4n) is 1.64. The Hall–Kier alpha value is -2.04. The Labute approximate surface area is 105 Å². The molecule has 2 heterocycles. The molecule has 0 radical (unpaired) electrons. The van der Waals surface area contributed by atoms with Gasteiger partial charge in [-0.1, -0.05) is 19.0 Å². The summed E-state index contributed by atoms with van der Waals surface area (Å²) in [5.41, 5.74) is 0.781. The molecule has 2 rings (SSSR count). The maximum absolute atomic E-state index is 11.6. The van der Waals surface area contributed by atoms with Crippen LogP contribution in [0, 0.1) is 5.92 Å². The summed E-state index contributed by atoms with van der Waals surface area (Å²) in [5.74, 6) is 1.29. The van der Waals surface area contributed by atoms with Gasteiger partial charge in [-0.3, -0.25) is 9.78 Å². The minimum atomic E-state index is 0.117. The van der Waals surface area contributed by atoms with E-state index in [-0.39, 0.29) is 12.2 Å². The zero-order valence-electron chi connectivity index (χ0n) is 10.5. The van der Waals surface area contributed by atoms with Crippen LogP contribution in [-0.4, -0.2) is 20.9 Å². The average Bonchev–Trinajstić information content (AvgIpc) is 2.77. The SMILES string of the molecule is CC(C)CC(=O)Cc1nc(-c2cccnc2)no1. The van der Waals surface area contributed by atoms with Gasteiger partial charge in [-0.2, -0.15) is 4.98 Å². The van der Waals surface area contributed by atoms with Crippen LogP contribution in [0.5, 0.6) is 0 Å². The molecule has 0 aliphatic carbocycles. The van der Waals surface area contributed by atoms with Gasteiger partial charge in [0.05, 0.1) is 6.42 Å². The summed E-state index contributed by atoms with van der Waals surface area (Å²) in [7, 11) is 0. The van der Waals surface area contributed by atoms with E-state index in [1.54, 1.807) is 18.5 Å². The lowest BCUT2D eigenvalue weighted by atomic mass is 10.1. The predicted molar refractivity (Wildman–Crippen MR) is 65.7 cm³/mol. The second-order valence-corrected chi connectivity index (χ2v) is 4.57. The number of carbonyl (C=O) groups is 1. The van der Waals surface area contributed by atoms with E-state index < -0.39 is 0 Å². The Morgan fingerprint density at radius 3 is 2.94 bits per heavy atom. The van der Waals surface area contributed by atoms with Gasteiger partial charge in [0, 0.05) is 24.4 Å². The molecule has 0 aliphatic heterocycles. The third-order valence-electron chi connectivity index (χ3n) is 2.37. The molecule has 5 nitrogen and oxygen atoms in total. The molecule has 94 valence electrons. The molecule has 0 saturated carbocycles. The Balaban J connectivity index is 2.05. The van der Waals surface area contributed by atoms with Crippen molar-refractivity contribution < 1.29 is 9.32 Å². The average molecular weight is 245 g/mol. The third-order valence-corrected chi connectivity index (χ3v) is 2.37. The molecule has 0 bridgehead atoms. The molecule has 0 atom stereocenters. The number of hydrogen-bond acceptors (Lipinski definition) is 5. The minimum absolute atomic E-state index is 0.117. The maximum Gasteiger partial charge on any atom is 0.234 e. The number of pyridine rings is 1. The minimum Gasteiger partial charge on any atom is -0.338 e. The fraction of sp³-hybridized carbons (Fsp3) is 0.385. The molecule has 18 heavy (non-hydrogen) atoms. The highest BCUT2D eigenvalue weighted by Crippen LogP contribution is 2.14. The van der Waals surface area contributed by atoms with E-state index in [1.807, 2.05) is 19.9 Å². The first kappa shape index (κ1) is 12.4. The first-order valence-electron chi connectivity index (χ1n) is 5.90. The van der Waals surface area contributed by atoms with Crippen LogP contribution >= 0.6 is 0 Å². The van der Waals surface area contributed by atoms with Crippen LogP contribution in [-0.2, 0) is 11.2 Å². The fourth-order valence-corrected chi connectivity index (χ4v) is 1.64. The van der Waals surface area contributed by atoms with Crippen LogP contribution in [0.4, 0.5) is 0 Å². The van der Waals surface area contributed by atoms with Crippen molar-refractivity contribution in [3.63, 3.8) is 0 Å². The molecule has 0 saturated heterocycles. The first-order valence-corrected chi connectivity index (χ1v) is 5.90. The van der Waals surface area contributed by atoms with E-state index in [0.717, 1.165) is 5.56 Å². The van der Waals surface area contributed by atoms with E-state index in [1.165, 1.54) is 0 Å². The Morgan fingerprint density at radius 2 is 2.28 bits per heavy atom. The van der Waals surface area contributed by atoms with Crippen LogP contribution in [0.25, 0.3) is 11.4 Å². The summed E-state index contributed by atoms with van der Waals surface area (Å²) < 4.78 is 5.06. The predicted octanol–water partition coefficient (Wildman–Crippen LogP) is 2.29. The highest BCUT2D eigenvalue weighted by Gasteiger charge is 2.13. The highest BCUT2D eigenvalue weighted by molar-refractivity contribution is 5.80. The van der Waals surface area contributed by atoms with Crippen LogP contribution in [0.2, 0.25) is 0 Å². The highest BCUT2D eigenvalue weighted by atomic mass is 16.5. The lowest BCUT2D eigenvalue weighted by Crippen LogP contribution is -2.06. The van der Waals surface area contributed by atoms with E-state index in [2.05, 4.69) is 15.1 Å². The van der Waals surface area contributed by atoms with Crippen molar-refractivity contribution in [1.82, 2.24) is 15.1 Å². The van der Waals surface area contributed by atoms with Gasteiger partial charge < -0.3 is 4.52 Å². The van der Waals surface area contributed by atoms with Crippen molar-refractivity contribution in [3.8, 4) is 11.4 Å². The monoisotopic (exact) mass is 245 g/mol. The summed E-state index contributed by atoms with van der Waals surface area (Å²) in [4.78, 5) is 19.8. The molecule has 5 heteroatoms. The molecule has 2 aromatic rings. The summed E-state index contributed by atoms with van der Waals surface area (Å²) in [6.45, 7) is 4.01. The number of aromatic nitrogens is 3. The lowest BCUT2D eigenvalue weighted by molar-refractivity contribution is -0.119. The summed E-state index contributed by atoms with van der Waals surface area (Å²) in [5, 5.41) is 3.84. The van der Waals surface area contributed by atoms with Gasteiger partial charge in [-0.25, -0.2) is 0 Å². The van der Waals surface area contributed by atoms with Gasteiger partial charge in [-0.05, 0) is 18.1 Å². The van der Waals surface area contributed by atoms with Gasteiger partial charge in [0.25, 0.3) is 0 Å². The van der Waals surface area contributed by atoms with Gasteiger partial charge in [0.2, 0.25) is 11.7 Å². The zero-order chi connectivity index (χ0) is 13.0. The van der Waals surface area contributed by atoms with Crippen LogP contribution in [0.15, 0.2) is 29.0 Å². The third kappa shape index (κ3) is 3.23. The molecule has 0 N–H and O–H groups in total. The Kier molecular flexibility index (Phi) is 3.82. The van der Waals surface area contributed by atoms with Crippen molar-refractivity contribution in [2.24, 2.45) is 5.92 Å². The Morgan fingerprint density at radius 1 is 1.44 bits per heavy atom. The number of Topliss-reactive ketones (excluding diaryl/α,β-unsaturated/α-hetero) is 1.